The zero-order valence-corrected chi connectivity index (χ0v) is 16.5. The molecule has 0 radical (unpaired) electrons. The highest BCUT2D eigenvalue weighted by molar-refractivity contribution is 7.92. The Bertz CT molecular complexity index is 844. The number of hydrogen-bond donors (Lipinski definition) is 1. The van der Waals surface area contributed by atoms with Gasteiger partial charge in [0.2, 0.25) is 0 Å². The molecule has 0 aliphatic heterocycles. The number of carbonyl (C=O) groups excluding carboxylic acids is 1. The second-order valence-electron chi connectivity index (χ2n) is 6.92. The van der Waals surface area contributed by atoms with Crippen LogP contribution in [0.2, 0.25) is 0 Å². The number of hydrogen-bond acceptors (Lipinski definition) is 3. The number of amides is 1. The van der Waals surface area contributed by atoms with Gasteiger partial charge in [-0.3, -0.25) is 9.10 Å². The Labute approximate surface area is 156 Å². The average Bonchev–Trinajstić information content (AvgIpc) is 2.61. The van der Waals surface area contributed by atoms with Crippen molar-refractivity contribution in [2.24, 2.45) is 0 Å². The lowest BCUT2D eigenvalue weighted by Gasteiger charge is -2.26. The smallest absolute Gasteiger partial charge is 0.264 e. The highest BCUT2D eigenvalue weighted by atomic mass is 32.2. The highest BCUT2D eigenvalue weighted by Gasteiger charge is 2.23. The van der Waals surface area contributed by atoms with Crippen LogP contribution in [0.5, 0.6) is 0 Å². The molecule has 0 saturated carbocycles. The maximum atomic E-state index is 12.8. The van der Waals surface area contributed by atoms with E-state index < -0.39 is 10.0 Å². The summed E-state index contributed by atoms with van der Waals surface area (Å²) in [5.41, 5.74) is 0.718. The quantitative estimate of drug-likeness (QED) is 0.801. The molecule has 0 spiro atoms. The molecule has 0 heterocycles. The molecule has 0 bridgehead atoms. The average molecular weight is 375 g/mol. The van der Waals surface area contributed by atoms with Gasteiger partial charge in [0, 0.05) is 18.2 Å². The van der Waals surface area contributed by atoms with Gasteiger partial charge in [-0.1, -0.05) is 31.5 Å². The third kappa shape index (κ3) is 4.64. The lowest BCUT2D eigenvalue weighted by molar-refractivity contribution is 0.0909. The minimum atomic E-state index is -3.68. The van der Waals surface area contributed by atoms with Crippen molar-refractivity contribution in [2.75, 3.05) is 11.4 Å². The molecule has 0 aliphatic carbocycles. The number of anilines is 1. The third-order valence-corrected chi connectivity index (χ3v) is 6.02. The Morgan fingerprint density at radius 1 is 1.04 bits per heavy atom. The van der Waals surface area contributed by atoms with Crippen LogP contribution in [0.15, 0.2) is 59.5 Å². The minimum absolute atomic E-state index is 0.147. The fourth-order valence-electron chi connectivity index (χ4n) is 2.78. The van der Waals surface area contributed by atoms with Crippen LogP contribution < -0.4 is 9.62 Å². The summed E-state index contributed by atoms with van der Waals surface area (Å²) in [5.74, 6) is -0.205. The molecule has 2 aromatic rings. The van der Waals surface area contributed by atoms with Gasteiger partial charge < -0.3 is 5.32 Å². The van der Waals surface area contributed by atoms with Gasteiger partial charge in [0.05, 0.1) is 10.6 Å². The first-order valence-corrected chi connectivity index (χ1v) is 10.1. The highest BCUT2D eigenvalue weighted by Crippen LogP contribution is 2.22. The van der Waals surface area contributed by atoms with Gasteiger partial charge in [-0.15, -0.1) is 0 Å². The number of carbonyl (C=O) groups is 1. The molecule has 2 rings (SSSR count). The van der Waals surface area contributed by atoms with Crippen LogP contribution >= 0.6 is 0 Å². The molecule has 6 heteroatoms. The zero-order valence-electron chi connectivity index (χ0n) is 15.7. The van der Waals surface area contributed by atoms with Crippen molar-refractivity contribution >= 4 is 21.6 Å². The largest absolute Gasteiger partial charge is 0.347 e. The molecule has 0 fully saturated rings. The Kier molecular flexibility index (Phi) is 6.08. The van der Waals surface area contributed by atoms with Gasteiger partial charge in [-0.2, -0.15) is 0 Å². The van der Waals surface area contributed by atoms with Crippen molar-refractivity contribution in [1.82, 2.24) is 5.32 Å². The van der Waals surface area contributed by atoms with Crippen LogP contribution in [0.3, 0.4) is 0 Å². The Morgan fingerprint density at radius 2 is 1.62 bits per heavy atom. The molecular weight excluding hydrogens is 348 g/mol. The predicted octanol–water partition coefficient (Wildman–Crippen LogP) is 3.82. The summed E-state index contributed by atoms with van der Waals surface area (Å²) in [6, 6.07) is 14.9. The summed E-state index contributed by atoms with van der Waals surface area (Å²) in [6.07, 6.45) is 1.84. The number of benzene rings is 2. The second kappa shape index (κ2) is 7.91. The monoisotopic (exact) mass is 374 g/mol. The van der Waals surface area contributed by atoms with Gasteiger partial charge in [-0.05, 0) is 56.7 Å². The molecule has 2 aromatic carbocycles. The fraction of sp³-hybridized carbons (Fsp3) is 0.350. The molecule has 1 amide bonds. The molecule has 0 atom stereocenters. The van der Waals surface area contributed by atoms with Crippen LogP contribution in [0.25, 0.3) is 0 Å². The Morgan fingerprint density at radius 3 is 2.15 bits per heavy atom. The fourth-order valence-corrected chi connectivity index (χ4v) is 3.98. The van der Waals surface area contributed by atoms with E-state index in [1.54, 1.807) is 36.4 Å². The number of nitrogens with zero attached hydrogens (tertiary/aromatic N) is 1. The maximum absolute atomic E-state index is 12.8. The van der Waals surface area contributed by atoms with Crippen molar-refractivity contribution in [3.8, 4) is 0 Å². The van der Waals surface area contributed by atoms with E-state index in [0.29, 0.717) is 11.3 Å². The number of sulfonamides is 1. The van der Waals surface area contributed by atoms with Crippen LogP contribution in [0, 0.1) is 0 Å². The summed E-state index contributed by atoms with van der Waals surface area (Å²) < 4.78 is 26.7. The zero-order chi connectivity index (χ0) is 19.4. The molecule has 1 N–H and O–H groups in total. The Balaban J connectivity index is 2.19. The normalized spacial score (nSPS) is 11.8. The topological polar surface area (TPSA) is 66.5 Å². The van der Waals surface area contributed by atoms with E-state index in [4.69, 9.17) is 0 Å². The first-order valence-electron chi connectivity index (χ1n) is 8.64. The lowest BCUT2D eigenvalue weighted by atomic mass is 9.98. The van der Waals surface area contributed by atoms with Crippen molar-refractivity contribution < 1.29 is 13.2 Å². The van der Waals surface area contributed by atoms with Gasteiger partial charge >= 0.3 is 0 Å². The van der Waals surface area contributed by atoms with Gasteiger partial charge in [-0.25, -0.2) is 8.42 Å². The molecule has 140 valence electrons. The number of rotatable bonds is 7. The predicted molar refractivity (Wildman–Crippen MR) is 105 cm³/mol. The summed E-state index contributed by atoms with van der Waals surface area (Å²) in [5, 5.41) is 2.98. The second-order valence-corrected chi connectivity index (χ2v) is 8.89. The van der Waals surface area contributed by atoms with E-state index in [0.717, 1.165) is 12.8 Å². The number of para-hydroxylation sites is 1. The molecule has 5 nitrogen and oxygen atoms in total. The van der Waals surface area contributed by atoms with Gasteiger partial charge in [0.15, 0.2) is 0 Å². The van der Waals surface area contributed by atoms with Crippen molar-refractivity contribution in [1.29, 1.82) is 0 Å². The minimum Gasteiger partial charge on any atom is -0.347 e. The molecule has 26 heavy (non-hydrogen) atoms. The van der Waals surface area contributed by atoms with Crippen LogP contribution in [0.4, 0.5) is 5.69 Å². The van der Waals surface area contributed by atoms with Gasteiger partial charge in [0.1, 0.15) is 0 Å². The van der Waals surface area contributed by atoms with Gasteiger partial charge in [0.25, 0.3) is 15.9 Å². The number of nitrogens with one attached hydrogen (secondary N) is 1. The van der Waals surface area contributed by atoms with Crippen LogP contribution in [0.1, 0.15) is 44.0 Å². The van der Waals surface area contributed by atoms with Crippen molar-refractivity contribution in [2.45, 2.75) is 44.0 Å². The third-order valence-electron chi connectivity index (χ3n) is 4.22. The van der Waals surface area contributed by atoms with Crippen LogP contribution in [-0.2, 0) is 10.0 Å². The standard InChI is InChI=1S/C20H26N2O3S/c1-5-15-20(2,3)21-19(23)16-11-13-18(14-12-16)26(24,25)22(4)17-9-7-6-8-10-17/h6-14H,5,15H2,1-4H3,(H,21,23). The molecule has 0 saturated heterocycles. The first kappa shape index (κ1) is 20.0. The van der Waals surface area contributed by atoms with E-state index in [2.05, 4.69) is 12.2 Å². The summed E-state index contributed by atoms with van der Waals surface area (Å²) >= 11 is 0. The first-order chi connectivity index (χ1) is 12.2. The lowest BCUT2D eigenvalue weighted by Crippen LogP contribution is -2.43. The van der Waals surface area contributed by atoms with Crippen molar-refractivity contribution in [3.05, 3.63) is 60.2 Å². The maximum Gasteiger partial charge on any atom is 0.264 e. The van der Waals surface area contributed by atoms with E-state index in [1.807, 2.05) is 19.9 Å². The summed E-state index contributed by atoms with van der Waals surface area (Å²) in [4.78, 5) is 12.5. The van der Waals surface area contributed by atoms with Crippen molar-refractivity contribution in [3.63, 3.8) is 0 Å². The van der Waals surface area contributed by atoms with Crippen LogP contribution in [-0.4, -0.2) is 26.9 Å². The van der Waals surface area contributed by atoms with E-state index in [1.165, 1.54) is 23.5 Å². The SMILES string of the molecule is CCCC(C)(C)NC(=O)c1ccc(S(=O)(=O)N(C)c2ccccc2)cc1. The molecule has 0 aromatic heterocycles. The van der Waals surface area contributed by atoms with E-state index in [9.17, 15) is 13.2 Å². The van der Waals surface area contributed by atoms with E-state index in [-0.39, 0.29) is 16.3 Å². The molecule has 0 aliphatic rings. The Hall–Kier alpha value is -2.34. The summed E-state index contributed by atoms with van der Waals surface area (Å²) in [7, 11) is -2.16. The van der Waals surface area contributed by atoms with E-state index >= 15 is 0 Å². The molecule has 0 unspecified atom stereocenters. The summed E-state index contributed by atoms with van der Waals surface area (Å²) in [6.45, 7) is 6.01. The molecular formula is C20H26N2O3S.